The van der Waals surface area contributed by atoms with Crippen molar-refractivity contribution in [2.24, 2.45) is 28.1 Å². The first-order chi connectivity index (χ1) is 27.6. The van der Waals surface area contributed by atoms with E-state index in [2.05, 4.69) is 5.32 Å². The Morgan fingerprint density at radius 3 is 2.08 bits per heavy atom. The Kier molecular flexibility index (Phi) is 13.0. The van der Waals surface area contributed by atoms with Crippen LogP contribution in [0.2, 0.25) is 0 Å². The number of ketones is 1. The number of hydrogen-bond donors (Lipinski definition) is 4. The van der Waals surface area contributed by atoms with Gasteiger partial charge in [0.2, 0.25) is 0 Å². The smallest absolute Gasteiger partial charge is 0.459 e. The minimum absolute atomic E-state index is 0.0171. The van der Waals surface area contributed by atoms with E-state index >= 15 is 4.79 Å². The molecule has 5 rings (SSSR count). The van der Waals surface area contributed by atoms with Gasteiger partial charge in [0.15, 0.2) is 23.6 Å². The van der Waals surface area contributed by atoms with Crippen LogP contribution in [-0.4, -0.2) is 124 Å². The van der Waals surface area contributed by atoms with Crippen molar-refractivity contribution in [3.05, 3.63) is 11.1 Å². The van der Waals surface area contributed by atoms with Crippen molar-refractivity contribution in [2.75, 3.05) is 13.7 Å². The summed E-state index contributed by atoms with van der Waals surface area (Å²) < 4.78 is 40.6. The molecule has 1 amide bonds. The topological polar surface area (TPSA) is 240 Å². The Bertz CT molecular complexity index is 1750. The van der Waals surface area contributed by atoms with Crippen LogP contribution < -0.4 is 5.32 Å². The number of alkyl carbamates (subject to hydrolysis) is 1. The van der Waals surface area contributed by atoms with Crippen molar-refractivity contribution in [1.82, 2.24) is 5.32 Å². The van der Waals surface area contributed by atoms with E-state index in [0.29, 0.717) is 12.8 Å². The molecule has 0 radical (unpaired) electrons. The lowest BCUT2D eigenvalue weighted by Gasteiger charge is -2.67. The van der Waals surface area contributed by atoms with E-state index in [0.717, 1.165) is 33.3 Å². The molecule has 2 unspecified atom stereocenters. The zero-order valence-corrected chi connectivity index (χ0v) is 37.0. The van der Waals surface area contributed by atoms with Crippen LogP contribution in [0, 0.1) is 28.1 Å². The normalized spacial score (nSPS) is 35.1. The van der Waals surface area contributed by atoms with Gasteiger partial charge in [-0.2, -0.15) is 0 Å². The second-order valence-corrected chi connectivity index (χ2v) is 20.1. The molecule has 17 heteroatoms. The summed E-state index contributed by atoms with van der Waals surface area (Å²) in [7, 11) is 1.09. The molecule has 1 saturated heterocycles. The maximum atomic E-state index is 15.5. The van der Waals surface area contributed by atoms with Crippen LogP contribution in [0.25, 0.3) is 0 Å². The third kappa shape index (κ3) is 8.27. The lowest BCUT2D eigenvalue weighted by molar-refractivity contribution is -0.346. The van der Waals surface area contributed by atoms with Crippen molar-refractivity contribution in [1.29, 1.82) is 0 Å². The number of aliphatic hydroxyl groups excluding tert-OH is 2. The highest BCUT2D eigenvalue weighted by molar-refractivity contribution is 5.95. The summed E-state index contributed by atoms with van der Waals surface area (Å²) in [5.41, 5.74) is -9.50. The van der Waals surface area contributed by atoms with Gasteiger partial charge < -0.3 is 53.8 Å². The van der Waals surface area contributed by atoms with E-state index in [1.807, 2.05) is 0 Å². The summed E-state index contributed by atoms with van der Waals surface area (Å²) in [5.74, 6) is -5.77. The molecule has 4 N–H and O–H groups in total. The van der Waals surface area contributed by atoms with Crippen molar-refractivity contribution in [3.8, 4) is 0 Å². The van der Waals surface area contributed by atoms with Crippen molar-refractivity contribution >= 4 is 35.9 Å². The van der Waals surface area contributed by atoms with Crippen molar-refractivity contribution in [2.45, 2.75) is 181 Å². The third-order valence-electron chi connectivity index (χ3n) is 13.6. The van der Waals surface area contributed by atoms with Crippen LogP contribution in [0.4, 0.5) is 9.59 Å². The van der Waals surface area contributed by atoms with Gasteiger partial charge in [0.1, 0.15) is 29.5 Å². The van der Waals surface area contributed by atoms with Gasteiger partial charge in [0, 0.05) is 25.2 Å². The fourth-order valence-electron chi connectivity index (χ4n) is 10.3. The first-order valence-corrected chi connectivity index (χ1v) is 20.9. The van der Waals surface area contributed by atoms with Crippen LogP contribution >= 0.6 is 0 Å². The molecule has 3 saturated carbocycles. The number of carbonyl (C=O) groups is 6. The lowest BCUT2D eigenvalue weighted by atomic mass is 9.44. The number of rotatable bonds is 8. The molecule has 4 aliphatic carbocycles. The minimum atomic E-state index is -2.35. The first kappa shape index (κ1) is 47.3. The number of aliphatic hydroxyl groups is 3. The fraction of sp³-hybridized carbons (Fsp3) is 0.814. The van der Waals surface area contributed by atoms with Crippen LogP contribution in [0.5, 0.6) is 0 Å². The van der Waals surface area contributed by atoms with E-state index in [4.69, 9.17) is 33.2 Å². The van der Waals surface area contributed by atoms with Gasteiger partial charge in [-0.3, -0.25) is 14.4 Å². The highest BCUT2D eigenvalue weighted by Gasteiger charge is 2.78. The maximum absolute atomic E-state index is 15.5. The molecule has 5 aliphatic rings. The van der Waals surface area contributed by atoms with E-state index in [9.17, 15) is 39.3 Å². The SMILES string of the molecule is COC(=O)O[C@@]12CO[C@@H]1CC(O)[C@@]1(C)C(=O)[C@H](OC(C)=O)C3=C(C)[C@@H](OC(=O)[C@H](O)[C@@H](NC(=O)OC(C)(C)C)C(C)(C)C)C[C@@](O)([C@@H](OC(=O)C4CCCCC4)C12)C3(C)C. The molecule has 0 spiro atoms. The monoisotopic (exact) mass is 851 g/mol. The molecule has 0 aromatic carbocycles. The van der Waals surface area contributed by atoms with Gasteiger partial charge in [-0.1, -0.05) is 53.9 Å². The second-order valence-electron chi connectivity index (χ2n) is 20.1. The Balaban J connectivity index is 1.72. The van der Waals surface area contributed by atoms with E-state index in [-0.39, 0.29) is 24.2 Å². The van der Waals surface area contributed by atoms with Gasteiger partial charge in [0.25, 0.3) is 0 Å². The molecule has 4 fully saturated rings. The van der Waals surface area contributed by atoms with Gasteiger partial charge >= 0.3 is 30.2 Å². The summed E-state index contributed by atoms with van der Waals surface area (Å²) >= 11 is 0. The molecular formula is C43H65NO16. The predicted octanol–water partition coefficient (Wildman–Crippen LogP) is 3.99. The Morgan fingerprint density at radius 1 is 0.950 bits per heavy atom. The maximum Gasteiger partial charge on any atom is 0.508 e. The second kappa shape index (κ2) is 16.5. The Morgan fingerprint density at radius 2 is 1.57 bits per heavy atom. The Labute approximate surface area is 351 Å². The molecular weight excluding hydrogens is 786 g/mol. The van der Waals surface area contributed by atoms with Gasteiger partial charge in [-0.25, -0.2) is 14.4 Å². The highest BCUT2D eigenvalue weighted by Crippen LogP contribution is 2.64. The standard InChI is InChI=1S/C43H65NO16/c1-21-24(57-35(50)28(47)31(38(3,4)5)44-36(51)59-39(6,7)8)19-43(53)33(58-34(49)23-16-14-13-15-17-23)30-41(11,32(48)29(56-22(2)45)27(21)40(43,9)10)25(46)18-26-42(30,20-55-26)60-37(52)54-12/h23-26,28-31,33,46-47,53H,13-20H2,1-12H3,(H,44,51)/t24-,25?,26+,28+,29+,30?,31+,33-,41+,42-,43+/m0/s1. The summed E-state index contributed by atoms with van der Waals surface area (Å²) in [6.07, 6.45) is -9.05. The predicted molar refractivity (Wildman–Crippen MR) is 210 cm³/mol. The average molecular weight is 852 g/mol. The molecule has 338 valence electrons. The van der Waals surface area contributed by atoms with Crippen molar-refractivity contribution in [3.63, 3.8) is 0 Å². The molecule has 1 heterocycles. The number of amides is 1. The molecule has 11 atom stereocenters. The fourth-order valence-corrected chi connectivity index (χ4v) is 10.3. The molecule has 2 bridgehead atoms. The number of ether oxygens (including phenoxy) is 7. The summed E-state index contributed by atoms with van der Waals surface area (Å²) in [6.45, 7) is 16.9. The molecule has 1 aliphatic heterocycles. The quantitative estimate of drug-likeness (QED) is 0.153. The summed E-state index contributed by atoms with van der Waals surface area (Å²) in [5, 5.41) is 39.9. The lowest BCUT2D eigenvalue weighted by Crippen LogP contribution is -2.82. The third-order valence-corrected chi connectivity index (χ3v) is 13.6. The average Bonchev–Trinajstić information content (AvgIpc) is 3.13. The number of fused-ring (bicyclic) bond motifs is 5. The number of carbonyl (C=O) groups excluding carboxylic acids is 6. The van der Waals surface area contributed by atoms with Crippen LogP contribution in [-0.2, 0) is 52.3 Å². The van der Waals surface area contributed by atoms with Crippen LogP contribution in [0.1, 0.15) is 121 Å². The highest BCUT2D eigenvalue weighted by atomic mass is 16.8. The number of nitrogens with one attached hydrogen (secondary N) is 1. The number of hydrogen-bond acceptors (Lipinski definition) is 16. The van der Waals surface area contributed by atoms with Crippen molar-refractivity contribution < 1.29 is 77.2 Å². The largest absolute Gasteiger partial charge is 0.508 e. The minimum Gasteiger partial charge on any atom is -0.459 e. The van der Waals surface area contributed by atoms with Crippen LogP contribution in [0.15, 0.2) is 11.1 Å². The van der Waals surface area contributed by atoms with E-state index in [1.165, 1.54) is 13.8 Å². The van der Waals surface area contributed by atoms with Crippen LogP contribution in [0.3, 0.4) is 0 Å². The number of methoxy groups -OCH3 is 1. The van der Waals surface area contributed by atoms with Gasteiger partial charge in [-0.05, 0) is 64.0 Å². The zero-order valence-electron chi connectivity index (χ0n) is 37.0. The molecule has 0 aromatic rings. The summed E-state index contributed by atoms with van der Waals surface area (Å²) in [4.78, 5) is 83.0. The van der Waals surface area contributed by atoms with Gasteiger partial charge in [-0.15, -0.1) is 0 Å². The number of Topliss-reactive ketones (excluding diaryl/α,β-unsaturated/α-hetero) is 1. The van der Waals surface area contributed by atoms with Gasteiger partial charge in [0.05, 0.1) is 43.1 Å². The molecule has 60 heavy (non-hydrogen) atoms. The van der Waals surface area contributed by atoms with E-state index in [1.54, 1.807) is 55.4 Å². The summed E-state index contributed by atoms with van der Waals surface area (Å²) in [6, 6.07) is -1.25. The van der Waals surface area contributed by atoms with E-state index < -0.39 is 130 Å². The Hall–Kier alpha value is -3.80. The molecule has 17 nitrogen and oxygen atoms in total. The zero-order chi connectivity index (χ0) is 45.1. The number of esters is 3. The first-order valence-electron chi connectivity index (χ1n) is 20.9. The molecule has 0 aromatic heterocycles.